The number of carboxylic acid groups (broad SMARTS) is 1. The zero-order chi connectivity index (χ0) is 16.3. The molecular weight excluding hydrogens is 326 g/mol. The maximum absolute atomic E-state index is 12.2. The van der Waals surface area contributed by atoms with Gasteiger partial charge in [-0.3, -0.25) is 14.5 Å². The molecule has 0 unspecified atom stereocenters. The lowest BCUT2D eigenvalue weighted by Crippen LogP contribution is -2.29. The minimum atomic E-state index is -0.925. The van der Waals surface area contributed by atoms with Crippen molar-refractivity contribution in [3.8, 4) is 11.5 Å². The number of aliphatic carboxylic acids is 1. The standard InChI is InChI=1S/C14H13NO5S2/c16-9-4-1-3-8(12(9)19)7-10-13(20)15(14(21)22-10)6-2-5-11(17)18/h1,3-4,7,16,19H,2,5-6H2,(H,17,18). The first-order valence-corrected chi connectivity index (χ1v) is 7.60. The molecule has 0 atom stereocenters. The fourth-order valence-electron chi connectivity index (χ4n) is 1.89. The van der Waals surface area contributed by atoms with Crippen molar-refractivity contribution in [1.82, 2.24) is 4.90 Å². The topological polar surface area (TPSA) is 98.1 Å². The number of phenols is 2. The molecule has 3 N–H and O–H groups in total. The minimum Gasteiger partial charge on any atom is -0.504 e. The van der Waals surface area contributed by atoms with E-state index in [1.54, 1.807) is 12.1 Å². The molecule has 8 heteroatoms. The summed E-state index contributed by atoms with van der Waals surface area (Å²) in [6.45, 7) is 0.236. The number of thioether (sulfide) groups is 1. The number of amides is 1. The van der Waals surface area contributed by atoms with Crippen molar-refractivity contribution < 1.29 is 24.9 Å². The van der Waals surface area contributed by atoms with E-state index in [1.165, 1.54) is 17.0 Å². The van der Waals surface area contributed by atoms with Crippen molar-refractivity contribution in [2.24, 2.45) is 0 Å². The fraction of sp³-hybridized carbons (Fsp3) is 0.214. The molecule has 1 amide bonds. The largest absolute Gasteiger partial charge is 0.504 e. The van der Waals surface area contributed by atoms with Gasteiger partial charge in [-0.05, 0) is 18.6 Å². The van der Waals surface area contributed by atoms with Crippen molar-refractivity contribution in [3.63, 3.8) is 0 Å². The molecule has 1 aliphatic heterocycles. The Morgan fingerprint density at radius 2 is 2.09 bits per heavy atom. The van der Waals surface area contributed by atoms with Crippen LogP contribution in [0.2, 0.25) is 0 Å². The van der Waals surface area contributed by atoms with Crippen molar-refractivity contribution in [2.45, 2.75) is 12.8 Å². The molecule has 0 aliphatic carbocycles. The number of carbonyl (C=O) groups is 2. The predicted molar refractivity (Wildman–Crippen MR) is 86.5 cm³/mol. The average Bonchev–Trinajstić information content (AvgIpc) is 2.71. The van der Waals surface area contributed by atoms with Crippen LogP contribution < -0.4 is 0 Å². The van der Waals surface area contributed by atoms with Gasteiger partial charge in [0.2, 0.25) is 0 Å². The molecule has 0 aromatic heterocycles. The molecule has 116 valence electrons. The average molecular weight is 339 g/mol. The van der Waals surface area contributed by atoms with Crippen LogP contribution in [0.5, 0.6) is 11.5 Å². The fourth-order valence-corrected chi connectivity index (χ4v) is 3.19. The third kappa shape index (κ3) is 3.58. The monoisotopic (exact) mass is 339 g/mol. The van der Waals surface area contributed by atoms with E-state index in [9.17, 15) is 19.8 Å². The number of hydrogen-bond donors (Lipinski definition) is 3. The zero-order valence-electron chi connectivity index (χ0n) is 11.4. The van der Waals surface area contributed by atoms with E-state index < -0.39 is 5.97 Å². The first kappa shape index (κ1) is 16.3. The molecule has 1 fully saturated rings. The second kappa shape index (κ2) is 6.80. The van der Waals surface area contributed by atoms with Gasteiger partial charge in [-0.15, -0.1) is 0 Å². The Kier molecular flexibility index (Phi) is 5.04. The lowest BCUT2D eigenvalue weighted by atomic mass is 10.1. The maximum Gasteiger partial charge on any atom is 0.303 e. The second-order valence-corrected chi connectivity index (χ2v) is 6.22. The highest BCUT2D eigenvalue weighted by Crippen LogP contribution is 2.36. The number of para-hydroxylation sites is 1. The molecule has 22 heavy (non-hydrogen) atoms. The Morgan fingerprint density at radius 1 is 1.36 bits per heavy atom. The van der Waals surface area contributed by atoms with Crippen LogP contribution in [0.4, 0.5) is 0 Å². The normalized spacial score (nSPS) is 16.5. The highest BCUT2D eigenvalue weighted by molar-refractivity contribution is 8.26. The number of rotatable bonds is 5. The zero-order valence-corrected chi connectivity index (χ0v) is 13.0. The molecule has 1 heterocycles. The summed E-state index contributed by atoms with van der Waals surface area (Å²) in [4.78, 5) is 24.4. The van der Waals surface area contributed by atoms with E-state index in [-0.39, 0.29) is 30.4 Å². The number of thiocarbonyl (C=S) groups is 1. The molecule has 0 bridgehead atoms. The first-order valence-electron chi connectivity index (χ1n) is 6.38. The summed E-state index contributed by atoms with van der Waals surface area (Å²) in [7, 11) is 0. The molecule has 2 rings (SSSR count). The van der Waals surface area contributed by atoms with E-state index in [2.05, 4.69) is 0 Å². The summed E-state index contributed by atoms with van der Waals surface area (Å²) in [5.74, 6) is -1.84. The van der Waals surface area contributed by atoms with Gasteiger partial charge in [0, 0.05) is 18.5 Å². The number of carboxylic acids is 1. The number of aromatic hydroxyl groups is 2. The molecule has 6 nitrogen and oxygen atoms in total. The summed E-state index contributed by atoms with van der Waals surface area (Å²) in [6, 6.07) is 4.45. The Bertz CT molecular complexity index is 671. The number of hydrogen-bond acceptors (Lipinski definition) is 6. The van der Waals surface area contributed by atoms with Crippen molar-refractivity contribution in [3.05, 3.63) is 28.7 Å². The van der Waals surface area contributed by atoms with Crippen LogP contribution in [-0.4, -0.2) is 43.0 Å². The Balaban J connectivity index is 2.15. The second-order valence-electron chi connectivity index (χ2n) is 4.55. The summed E-state index contributed by atoms with van der Waals surface area (Å²) in [5.41, 5.74) is 0.311. The number of nitrogens with zero attached hydrogens (tertiary/aromatic N) is 1. The molecular formula is C14H13NO5S2. The van der Waals surface area contributed by atoms with Crippen LogP contribution in [0, 0.1) is 0 Å². The van der Waals surface area contributed by atoms with Gasteiger partial charge in [0.1, 0.15) is 4.32 Å². The molecule has 1 aromatic rings. The van der Waals surface area contributed by atoms with Crippen LogP contribution in [0.3, 0.4) is 0 Å². The van der Waals surface area contributed by atoms with E-state index in [0.29, 0.717) is 21.2 Å². The highest BCUT2D eigenvalue weighted by Gasteiger charge is 2.31. The highest BCUT2D eigenvalue weighted by atomic mass is 32.2. The van der Waals surface area contributed by atoms with E-state index >= 15 is 0 Å². The van der Waals surface area contributed by atoms with Gasteiger partial charge in [0.15, 0.2) is 11.5 Å². The van der Waals surface area contributed by atoms with Gasteiger partial charge in [-0.1, -0.05) is 36.1 Å². The smallest absolute Gasteiger partial charge is 0.303 e. The van der Waals surface area contributed by atoms with Crippen molar-refractivity contribution in [1.29, 1.82) is 0 Å². The van der Waals surface area contributed by atoms with E-state index in [4.69, 9.17) is 17.3 Å². The van der Waals surface area contributed by atoms with Crippen LogP contribution in [0.15, 0.2) is 23.1 Å². The quantitative estimate of drug-likeness (QED) is 0.429. The number of carbonyl (C=O) groups excluding carboxylic acids is 1. The summed E-state index contributed by atoms with van der Waals surface area (Å²) >= 11 is 6.20. The van der Waals surface area contributed by atoms with Crippen LogP contribution in [0.1, 0.15) is 18.4 Å². The Hall–Kier alpha value is -2.06. The van der Waals surface area contributed by atoms with Gasteiger partial charge in [0.05, 0.1) is 4.91 Å². The Labute approximate surface area is 136 Å². The lowest BCUT2D eigenvalue weighted by molar-refractivity contribution is -0.137. The van der Waals surface area contributed by atoms with Crippen LogP contribution >= 0.6 is 24.0 Å². The first-order chi connectivity index (χ1) is 10.4. The lowest BCUT2D eigenvalue weighted by Gasteiger charge is -2.13. The number of phenolic OH excluding ortho intramolecular Hbond substituents is 2. The van der Waals surface area contributed by atoms with Crippen molar-refractivity contribution in [2.75, 3.05) is 6.54 Å². The summed E-state index contributed by atoms with van der Waals surface area (Å²) < 4.78 is 0.348. The predicted octanol–water partition coefficient (Wildman–Crippen LogP) is 2.16. The molecule has 0 spiro atoms. The van der Waals surface area contributed by atoms with Gasteiger partial charge in [0.25, 0.3) is 5.91 Å². The van der Waals surface area contributed by atoms with Crippen molar-refractivity contribution >= 4 is 46.3 Å². The molecule has 0 radical (unpaired) electrons. The maximum atomic E-state index is 12.2. The Morgan fingerprint density at radius 3 is 2.77 bits per heavy atom. The summed E-state index contributed by atoms with van der Waals surface area (Å²) in [5, 5.41) is 27.8. The number of benzene rings is 1. The third-order valence-corrected chi connectivity index (χ3v) is 4.36. The van der Waals surface area contributed by atoms with E-state index in [0.717, 1.165) is 11.8 Å². The molecule has 1 saturated heterocycles. The van der Waals surface area contributed by atoms with Crippen LogP contribution in [0.25, 0.3) is 6.08 Å². The molecule has 1 aromatic carbocycles. The van der Waals surface area contributed by atoms with Crippen LogP contribution in [-0.2, 0) is 9.59 Å². The third-order valence-electron chi connectivity index (χ3n) is 2.98. The minimum absolute atomic E-state index is 0.0382. The summed E-state index contributed by atoms with van der Waals surface area (Å²) in [6.07, 6.45) is 1.72. The van der Waals surface area contributed by atoms with Gasteiger partial charge < -0.3 is 15.3 Å². The van der Waals surface area contributed by atoms with Gasteiger partial charge in [-0.25, -0.2) is 0 Å². The van der Waals surface area contributed by atoms with E-state index in [1.807, 2.05) is 0 Å². The molecule has 0 saturated carbocycles. The molecule has 1 aliphatic rings. The van der Waals surface area contributed by atoms with Gasteiger partial charge in [-0.2, -0.15) is 0 Å². The van der Waals surface area contributed by atoms with Gasteiger partial charge >= 0.3 is 5.97 Å². The SMILES string of the molecule is O=C(O)CCCN1C(=O)C(=Cc2cccc(O)c2O)SC1=S.